The van der Waals surface area contributed by atoms with Crippen LogP contribution in [0, 0.1) is 6.92 Å². The molecule has 0 saturated heterocycles. The van der Waals surface area contributed by atoms with Gasteiger partial charge in [-0.15, -0.1) is 0 Å². The molecule has 0 amide bonds. The van der Waals surface area contributed by atoms with Crippen LogP contribution in [0.2, 0.25) is 0 Å². The Bertz CT molecular complexity index is 545. The number of thioether (sulfide) groups is 1. The van der Waals surface area contributed by atoms with Gasteiger partial charge in [-0.1, -0.05) is 0 Å². The first kappa shape index (κ1) is 15.0. The fraction of sp³-hybridized carbons (Fsp3) is 0.286. The van der Waals surface area contributed by atoms with Gasteiger partial charge in [0.1, 0.15) is 11.5 Å². The summed E-state index contributed by atoms with van der Waals surface area (Å²) in [5.74, 6) is 2.88. The molecule has 0 radical (unpaired) electrons. The van der Waals surface area contributed by atoms with Crippen LogP contribution in [-0.2, 0) is 12.3 Å². The molecule has 2 nitrogen and oxygen atoms in total. The van der Waals surface area contributed by atoms with Crippen LogP contribution in [0.5, 0.6) is 0 Å². The van der Waals surface area contributed by atoms with Crippen molar-refractivity contribution in [1.82, 2.24) is 0 Å². The van der Waals surface area contributed by atoms with Crippen LogP contribution in [0.4, 0.5) is 5.69 Å². The van der Waals surface area contributed by atoms with E-state index < -0.39 is 0 Å². The molecule has 1 aromatic heterocycles. The number of hydrogen-bond donors (Lipinski definition) is 1. The van der Waals surface area contributed by atoms with E-state index in [9.17, 15) is 0 Å². The lowest BCUT2D eigenvalue weighted by molar-refractivity contribution is 0.487. The lowest BCUT2D eigenvalue weighted by Crippen LogP contribution is -2.00. The van der Waals surface area contributed by atoms with Gasteiger partial charge in [0.2, 0.25) is 0 Å². The van der Waals surface area contributed by atoms with Crippen LogP contribution in [0.3, 0.4) is 0 Å². The maximum Gasteiger partial charge on any atom is 0.123 e. The molecule has 1 aromatic carbocycles. The molecular weight excluding hydrogens is 390 g/mol. The van der Waals surface area contributed by atoms with Gasteiger partial charge in [-0.3, -0.25) is 0 Å². The average Bonchev–Trinajstić information content (AvgIpc) is 2.76. The molecule has 0 bridgehead atoms. The Balaban J connectivity index is 2.05. The average molecular weight is 405 g/mol. The van der Waals surface area contributed by atoms with Crippen molar-refractivity contribution in [2.45, 2.75) is 19.2 Å². The second-order valence-electron chi connectivity index (χ2n) is 4.26. The van der Waals surface area contributed by atoms with E-state index in [0.29, 0.717) is 6.54 Å². The number of rotatable bonds is 5. The molecule has 1 heterocycles. The van der Waals surface area contributed by atoms with Crippen molar-refractivity contribution in [3.63, 3.8) is 0 Å². The van der Waals surface area contributed by atoms with Gasteiger partial charge in [-0.2, -0.15) is 11.8 Å². The number of furan rings is 1. The number of hydrogen-bond acceptors (Lipinski definition) is 3. The molecular formula is C14H15Br2NOS. The van der Waals surface area contributed by atoms with Crippen LogP contribution >= 0.6 is 43.6 Å². The summed E-state index contributed by atoms with van der Waals surface area (Å²) < 4.78 is 7.84. The first-order valence-corrected chi connectivity index (χ1v) is 8.84. The van der Waals surface area contributed by atoms with Gasteiger partial charge in [0.25, 0.3) is 0 Å². The number of anilines is 1. The molecule has 0 saturated carbocycles. The summed E-state index contributed by atoms with van der Waals surface area (Å²) in [6, 6.07) is 8.24. The largest absolute Gasteiger partial charge is 0.463 e. The van der Waals surface area contributed by atoms with Gasteiger partial charge in [0.05, 0.1) is 18.0 Å². The third kappa shape index (κ3) is 4.04. The predicted octanol–water partition coefficient (Wildman–Crippen LogP) is 5.59. The van der Waals surface area contributed by atoms with Crippen molar-refractivity contribution >= 4 is 49.3 Å². The highest BCUT2D eigenvalue weighted by Crippen LogP contribution is 2.32. The van der Waals surface area contributed by atoms with E-state index in [1.807, 2.05) is 12.1 Å². The lowest BCUT2D eigenvalue weighted by atomic mass is 10.2. The smallest absolute Gasteiger partial charge is 0.123 e. The Labute approximate surface area is 134 Å². The van der Waals surface area contributed by atoms with Gasteiger partial charge < -0.3 is 9.73 Å². The van der Waals surface area contributed by atoms with Crippen molar-refractivity contribution in [1.29, 1.82) is 0 Å². The zero-order valence-electron chi connectivity index (χ0n) is 10.8. The van der Waals surface area contributed by atoms with Crippen molar-refractivity contribution < 1.29 is 4.42 Å². The van der Waals surface area contributed by atoms with E-state index in [1.165, 1.54) is 5.56 Å². The SMILES string of the molecule is CSCc1ccc(CNc2c(Br)cc(C)cc2Br)o1. The molecule has 5 heteroatoms. The highest BCUT2D eigenvalue weighted by atomic mass is 79.9. The van der Waals surface area contributed by atoms with Crippen molar-refractivity contribution in [3.05, 3.63) is 50.3 Å². The van der Waals surface area contributed by atoms with E-state index in [-0.39, 0.29) is 0 Å². The molecule has 102 valence electrons. The molecule has 0 atom stereocenters. The topological polar surface area (TPSA) is 25.2 Å². The van der Waals surface area contributed by atoms with Crippen LogP contribution in [0.1, 0.15) is 17.1 Å². The van der Waals surface area contributed by atoms with Gasteiger partial charge >= 0.3 is 0 Å². The summed E-state index contributed by atoms with van der Waals surface area (Å²) in [6.07, 6.45) is 2.07. The number of halogens is 2. The van der Waals surface area contributed by atoms with E-state index in [0.717, 1.165) is 31.9 Å². The van der Waals surface area contributed by atoms with Crippen molar-refractivity contribution in [3.8, 4) is 0 Å². The fourth-order valence-corrected chi connectivity index (χ4v) is 3.92. The van der Waals surface area contributed by atoms with Crippen molar-refractivity contribution in [2.75, 3.05) is 11.6 Å². The number of nitrogens with one attached hydrogen (secondary N) is 1. The summed E-state index contributed by atoms with van der Waals surface area (Å²) in [4.78, 5) is 0. The molecule has 19 heavy (non-hydrogen) atoms. The summed E-state index contributed by atoms with van der Waals surface area (Å²) in [7, 11) is 0. The Morgan fingerprint density at radius 2 is 1.79 bits per heavy atom. The normalized spacial score (nSPS) is 10.7. The third-order valence-electron chi connectivity index (χ3n) is 2.63. The van der Waals surface area contributed by atoms with Crippen LogP contribution in [0.15, 0.2) is 37.6 Å². The molecule has 0 unspecified atom stereocenters. The molecule has 2 aromatic rings. The summed E-state index contributed by atoms with van der Waals surface area (Å²) in [5, 5.41) is 3.39. The molecule has 0 aliphatic rings. The summed E-state index contributed by atoms with van der Waals surface area (Å²) in [5.41, 5.74) is 2.26. The van der Waals surface area contributed by atoms with E-state index in [4.69, 9.17) is 4.42 Å². The second-order valence-corrected chi connectivity index (χ2v) is 6.83. The fourth-order valence-electron chi connectivity index (χ4n) is 1.78. The minimum atomic E-state index is 0.675. The quantitative estimate of drug-likeness (QED) is 0.703. The lowest BCUT2D eigenvalue weighted by Gasteiger charge is -2.10. The molecule has 0 aliphatic carbocycles. The van der Waals surface area contributed by atoms with Crippen molar-refractivity contribution in [2.24, 2.45) is 0 Å². The molecule has 2 rings (SSSR count). The maximum absolute atomic E-state index is 5.74. The number of aryl methyl sites for hydroxylation is 1. The third-order valence-corrected chi connectivity index (χ3v) is 4.45. The first-order chi connectivity index (χ1) is 9.10. The molecule has 0 fully saturated rings. The van der Waals surface area contributed by atoms with E-state index >= 15 is 0 Å². The Kier molecular flexibility index (Phi) is 5.42. The van der Waals surface area contributed by atoms with Gasteiger partial charge in [0.15, 0.2) is 0 Å². The van der Waals surface area contributed by atoms with Gasteiger partial charge in [-0.25, -0.2) is 0 Å². The highest BCUT2D eigenvalue weighted by Gasteiger charge is 2.07. The second kappa shape index (κ2) is 6.86. The minimum Gasteiger partial charge on any atom is -0.463 e. The monoisotopic (exact) mass is 403 g/mol. The van der Waals surface area contributed by atoms with Gasteiger partial charge in [-0.05, 0) is 74.9 Å². The Morgan fingerprint density at radius 3 is 2.42 bits per heavy atom. The standard InChI is InChI=1S/C14H15Br2NOS/c1-9-5-12(15)14(13(16)6-9)17-7-10-3-4-11(18-10)8-19-2/h3-6,17H,7-8H2,1-2H3. The minimum absolute atomic E-state index is 0.675. The highest BCUT2D eigenvalue weighted by molar-refractivity contribution is 9.11. The summed E-state index contributed by atoms with van der Waals surface area (Å²) in [6.45, 7) is 2.75. The van der Waals surface area contributed by atoms with E-state index in [2.05, 4.69) is 62.5 Å². The predicted molar refractivity (Wildman–Crippen MR) is 89.8 cm³/mol. The summed E-state index contributed by atoms with van der Waals surface area (Å²) >= 11 is 8.91. The molecule has 1 N–H and O–H groups in total. The first-order valence-electron chi connectivity index (χ1n) is 5.86. The zero-order valence-corrected chi connectivity index (χ0v) is 14.8. The Morgan fingerprint density at radius 1 is 1.16 bits per heavy atom. The Hall–Kier alpha value is -0.390. The van der Waals surface area contributed by atoms with E-state index in [1.54, 1.807) is 11.8 Å². The maximum atomic E-state index is 5.74. The molecule has 0 spiro atoms. The van der Waals surface area contributed by atoms with Crippen LogP contribution < -0.4 is 5.32 Å². The zero-order chi connectivity index (χ0) is 13.8. The van der Waals surface area contributed by atoms with Crippen LogP contribution in [-0.4, -0.2) is 6.26 Å². The number of benzene rings is 1. The molecule has 0 aliphatic heterocycles. The van der Waals surface area contributed by atoms with Crippen LogP contribution in [0.25, 0.3) is 0 Å². The van der Waals surface area contributed by atoms with Gasteiger partial charge in [0, 0.05) is 8.95 Å².